The first-order chi connectivity index (χ1) is 19.6. The van der Waals surface area contributed by atoms with Crippen LogP contribution in [0.2, 0.25) is 0 Å². The summed E-state index contributed by atoms with van der Waals surface area (Å²) in [6.45, 7) is 0. The van der Waals surface area contributed by atoms with Gasteiger partial charge in [-0.15, -0.1) is 0 Å². The molecule has 1 aliphatic heterocycles. The van der Waals surface area contributed by atoms with E-state index in [0.717, 1.165) is 33.3 Å². The molecule has 5 aromatic carbocycles. The third kappa shape index (κ3) is 3.64. The highest BCUT2D eigenvalue weighted by Gasteiger charge is 2.54. The number of aromatic nitrogens is 1. The average molecular weight is 542 g/mol. The number of nitrogens with zero attached hydrogens (tertiary/aromatic N) is 1. The van der Waals surface area contributed by atoms with Crippen LogP contribution in [0.25, 0.3) is 22.0 Å². The summed E-state index contributed by atoms with van der Waals surface area (Å²) >= 11 is 0. The second-order valence-electron chi connectivity index (χ2n) is 10.1. The second-order valence-corrected chi connectivity index (χ2v) is 13.0. The minimum Gasteiger partial charge on any atom is -0.313 e. The number of halogens is 1. The van der Waals surface area contributed by atoms with Crippen LogP contribution in [-0.4, -0.2) is 16.1 Å². The highest BCUT2D eigenvalue weighted by Crippen LogP contribution is 2.60. The number of fused-ring (bicyclic) bond motifs is 3. The summed E-state index contributed by atoms with van der Waals surface area (Å²) in [4.78, 5) is 14.8. The largest absolute Gasteiger partial charge is 0.313 e. The topological polar surface area (TPSA) is 39.1 Å². The molecule has 7 rings (SSSR count). The van der Waals surface area contributed by atoms with Gasteiger partial charge in [0.1, 0.15) is 11.5 Å². The normalized spacial score (nSPS) is 16.8. The van der Waals surface area contributed by atoms with Crippen molar-refractivity contribution < 1.29 is 13.8 Å². The number of carbonyl (C=O) groups excluding carboxylic acids is 1. The van der Waals surface area contributed by atoms with Crippen LogP contribution in [0.15, 0.2) is 140 Å². The molecule has 0 spiro atoms. The lowest BCUT2D eigenvalue weighted by molar-refractivity contribution is 0.0930. The Hall–Kier alpha value is -4.53. The fraction of sp³-hybridized carbons (Fsp3) is 0.0571. The molecule has 0 aliphatic carbocycles. The third-order valence-corrected chi connectivity index (χ3v) is 11.4. The first-order valence-electron chi connectivity index (χ1n) is 13.3. The van der Waals surface area contributed by atoms with Crippen molar-refractivity contribution in [1.29, 1.82) is 0 Å². The molecule has 0 amide bonds. The number of hydrogen-bond donors (Lipinski definition) is 0. The van der Waals surface area contributed by atoms with Gasteiger partial charge in [-0.1, -0.05) is 121 Å². The van der Waals surface area contributed by atoms with Crippen LogP contribution >= 0.6 is 7.14 Å². The van der Waals surface area contributed by atoms with Gasteiger partial charge in [0.25, 0.3) is 0 Å². The SMILES string of the molecule is O=C1[C@@H](P(=O)(c2ccccc2)c2ccccc2)[C@H](c2ccc(F)cc2)c2c(-c3ccccc3)c3ccccc3n21. The molecule has 5 heteroatoms. The molecule has 1 aromatic heterocycles. The molecule has 0 saturated carbocycles. The van der Waals surface area contributed by atoms with Crippen molar-refractivity contribution in [2.24, 2.45) is 0 Å². The van der Waals surface area contributed by atoms with Crippen LogP contribution in [-0.2, 0) is 4.57 Å². The lowest BCUT2D eigenvalue weighted by Gasteiger charge is -2.29. The van der Waals surface area contributed by atoms with Crippen molar-refractivity contribution in [3.63, 3.8) is 0 Å². The van der Waals surface area contributed by atoms with Gasteiger partial charge in [0.05, 0.1) is 5.52 Å². The van der Waals surface area contributed by atoms with Gasteiger partial charge in [0.2, 0.25) is 5.91 Å². The zero-order valence-electron chi connectivity index (χ0n) is 21.5. The Morgan fingerprint density at radius 2 is 1.15 bits per heavy atom. The quantitative estimate of drug-likeness (QED) is 0.211. The first-order valence-corrected chi connectivity index (χ1v) is 15.1. The van der Waals surface area contributed by atoms with Crippen LogP contribution in [0.3, 0.4) is 0 Å². The Bertz CT molecular complexity index is 1850. The minimum atomic E-state index is -3.56. The van der Waals surface area contributed by atoms with Crippen molar-refractivity contribution in [2.75, 3.05) is 0 Å². The van der Waals surface area contributed by atoms with Gasteiger partial charge >= 0.3 is 0 Å². The van der Waals surface area contributed by atoms with Crippen molar-refractivity contribution >= 4 is 34.6 Å². The van der Waals surface area contributed by atoms with E-state index in [1.54, 1.807) is 16.7 Å². The van der Waals surface area contributed by atoms with Crippen LogP contribution in [0.5, 0.6) is 0 Å². The summed E-state index contributed by atoms with van der Waals surface area (Å²) in [5.41, 5.74) is 3.33. The van der Waals surface area contributed by atoms with Crippen LogP contribution < -0.4 is 10.6 Å². The predicted molar refractivity (Wildman–Crippen MR) is 160 cm³/mol. The van der Waals surface area contributed by atoms with Gasteiger partial charge < -0.3 is 4.57 Å². The van der Waals surface area contributed by atoms with Crippen molar-refractivity contribution in [1.82, 2.24) is 4.57 Å². The van der Waals surface area contributed by atoms with Crippen LogP contribution in [0, 0.1) is 5.82 Å². The Morgan fingerprint density at radius 3 is 1.75 bits per heavy atom. The number of hydrogen-bond acceptors (Lipinski definition) is 2. The van der Waals surface area contributed by atoms with Gasteiger partial charge in [0, 0.05) is 33.2 Å². The summed E-state index contributed by atoms with van der Waals surface area (Å²) in [5.74, 6) is -1.14. The lowest BCUT2D eigenvalue weighted by Crippen LogP contribution is -2.33. The molecule has 0 fully saturated rings. The molecule has 3 nitrogen and oxygen atoms in total. The van der Waals surface area contributed by atoms with Gasteiger partial charge in [-0.2, -0.15) is 0 Å². The molecule has 40 heavy (non-hydrogen) atoms. The molecule has 2 atom stereocenters. The average Bonchev–Trinajstić information content (AvgIpc) is 3.51. The maximum Gasteiger partial charge on any atom is 0.243 e. The molecule has 0 bridgehead atoms. The molecule has 0 saturated heterocycles. The summed E-state index contributed by atoms with van der Waals surface area (Å²) in [5, 5.41) is 2.21. The molecular weight excluding hydrogens is 516 g/mol. The predicted octanol–water partition coefficient (Wildman–Crippen LogP) is 7.62. The van der Waals surface area contributed by atoms with E-state index in [9.17, 15) is 9.18 Å². The first kappa shape index (κ1) is 24.5. The molecule has 6 aromatic rings. The van der Waals surface area contributed by atoms with E-state index in [1.165, 1.54) is 12.1 Å². The number of carbonyl (C=O) groups is 1. The Labute approximate surface area is 231 Å². The van der Waals surface area contributed by atoms with E-state index < -0.39 is 18.7 Å². The molecule has 2 heterocycles. The maximum absolute atomic E-state index is 15.7. The molecule has 0 radical (unpaired) electrons. The Balaban J connectivity index is 1.60. The molecule has 0 unspecified atom stereocenters. The van der Waals surface area contributed by atoms with Crippen LogP contribution in [0.4, 0.5) is 4.39 Å². The number of benzene rings is 5. The van der Waals surface area contributed by atoms with Gasteiger partial charge in [-0.25, -0.2) is 4.39 Å². The van der Waals surface area contributed by atoms with E-state index in [4.69, 9.17) is 0 Å². The summed E-state index contributed by atoms with van der Waals surface area (Å²) < 4.78 is 31.7. The number of para-hydroxylation sites is 1. The van der Waals surface area contributed by atoms with Crippen LogP contribution in [0.1, 0.15) is 22.0 Å². The zero-order valence-corrected chi connectivity index (χ0v) is 22.4. The highest BCUT2D eigenvalue weighted by atomic mass is 31.2. The highest BCUT2D eigenvalue weighted by molar-refractivity contribution is 7.80. The summed E-state index contributed by atoms with van der Waals surface area (Å²) in [6.07, 6.45) is 0. The Kier molecular flexibility index (Phi) is 5.87. The van der Waals surface area contributed by atoms with Crippen molar-refractivity contribution in [3.05, 3.63) is 157 Å². The monoisotopic (exact) mass is 541 g/mol. The Morgan fingerprint density at radius 1 is 0.625 bits per heavy atom. The van der Waals surface area contributed by atoms with E-state index in [1.807, 2.05) is 115 Å². The zero-order chi connectivity index (χ0) is 27.3. The summed E-state index contributed by atoms with van der Waals surface area (Å²) in [7, 11) is -3.56. The van der Waals surface area contributed by atoms with E-state index >= 15 is 4.57 Å². The number of rotatable bonds is 5. The molecule has 194 valence electrons. The second kappa shape index (κ2) is 9.59. The van der Waals surface area contributed by atoms with Crippen molar-refractivity contribution in [2.45, 2.75) is 11.6 Å². The van der Waals surface area contributed by atoms with Gasteiger partial charge in [-0.05, 0) is 29.3 Å². The maximum atomic E-state index is 15.7. The van der Waals surface area contributed by atoms with Gasteiger partial charge in [0.15, 0.2) is 7.14 Å². The van der Waals surface area contributed by atoms with Crippen molar-refractivity contribution in [3.8, 4) is 11.1 Å². The fourth-order valence-corrected chi connectivity index (χ4v) is 9.60. The van der Waals surface area contributed by atoms with E-state index in [2.05, 4.69) is 0 Å². The summed E-state index contributed by atoms with van der Waals surface area (Å²) in [6, 6.07) is 42.8. The van der Waals surface area contributed by atoms with Gasteiger partial charge in [-0.3, -0.25) is 9.36 Å². The van der Waals surface area contributed by atoms with E-state index in [0.29, 0.717) is 10.6 Å². The third-order valence-electron chi connectivity index (χ3n) is 7.96. The molecule has 1 aliphatic rings. The molecular formula is C35H25FNO2P. The van der Waals surface area contributed by atoms with E-state index in [-0.39, 0.29) is 11.7 Å². The minimum absolute atomic E-state index is 0.209. The standard InChI is InChI=1S/C35H25FNO2P/c36-26-22-20-25(21-23-26)32-33-31(24-12-4-1-5-13-24)29-18-10-11-19-30(29)37(33)35(38)34(32)40(39,27-14-6-2-7-15-27)28-16-8-3-9-17-28/h1-23,32,34H/t32-,34+/m1/s1. The fourth-order valence-electron chi connectivity index (χ4n) is 6.27. The lowest BCUT2D eigenvalue weighted by atomic mass is 9.89. The smallest absolute Gasteiger partial charge is 0.243 e. The molecule has 0 N–H and O–H groups in total.